The molecule has 0 spiro atoms. The molecule has 0 heterocycles. The molecule has 7 nitrogen and oxygen atoms in total. The highest BCUT2D eigenvalue weighted by Crippen LogP contribution is 2.36. The van der Waals surface area contributed by atoms with Crippen LogP contribution in [0.1, 0.15) is 41.5 Å². The van der Waals surface area contributed by atoms with E-state index in [0.29, 0.717) is 5.56 Å². The number of carbonyl (C=O) groups excluding carboxylic acids is 2. The Morgan fingerprint density at radius 2 is 1.57 bits per heavy atom. The Kier molecular flexibility index (Phi) is 7.28. The number of nitrogens with zero attached hydrogens (tertiary/aromatic N) is 1. The zero-order valence-corrected chi connectivity index (χ0v) is 18.9. The normalized spacial score (nSPS) is 12.8. The van der Waals surface area contributed by atoms with Gasteiger partial charge in [-0.2, -0.15) is 0 Å². The van der Waals surface area contributed by atoms with Crippen LogP contribution in [0.15, 0.2) is 54.6 Å². The van der Waals surface area contributed by atoms with Gasteiger partial charge in [0.1, 0.15) is 0 Å². The lowest BCUT2D eigenvalue weighted by atomic mass is 10.1. The van der Waals surface area contributed by atoms with Gasteiger partial charge in [0.25, 0.3) is 5.69 Å². The van der Waals surface area contributed by atoms with Crippen LogP contribution >= 0.6 is 0 Å². The number of benzene rings is 2. The van der Waals surface area contributed by atoms with Crippen LogP contribution in [-0.2, 0) is 9.16 Å². The number of ether oxygens (including phenoxy) is 1. The Hall–Kier alpha value is -2.84. The molecule has 30 heavy (non-hydrogen) atoms. The Labute approximate surface area is 177 Å². The van der Waals surface area contributed by atoms with Crippen molar-refractivity contribution in [2.75, 3.05) is 6.61 Å². The molecular weight excluding hydrogens is 402 g/mol. The number of carbonyl (C=O) groups is 2. The first-order valence-corrected chi connectivity index (χ1v) is 12.5. The second-order valence-electron chi connectivity index (χ2n) is 8.50. The molecule has 0 aliphatic heterocycles. The van der Waals surface area contributed by atoms with E-state index in [2.05, 4.69) is 33.9 Å². The van der Waals surface area contributed by atoms with Gasteiger partial charge in [0, 0.05) is 17.7 Å². The van der Waals surface area contributed by atoms with E-state index in [-0.39, 0.29) is 28.7 Å². The topological polar surface area (TPSA) is 95.7 Å². The van der Waals surface area contributed by atoms with Crippen LogP contribution in [-0.4, -0.2) is 37.7 Å². The van der Waals surface area contributed by atoms with Crippen LogP contribution in [0.3, 0.4) is 0 Å². The number of nitro groups is 1. The molecule has 2 aromatic carbocycles. The van der Waals surface area contributed by atoms with Crippen LogP contribution in [0.2, 0.25) is 18.1 Å². The summed E-state index contributed by atoms with van der Waals surface area (Å²) in [5, 5.41) is 10.7. The molecule has 1 unspecified atom stereocenters. The van der Waals surface area contributed by atoms with E-state index in [1.54, 1.807) is 30.3 Å². The Morgan fingerprint density at radius 1 is 1.00 bits per heavy atom. The van der Waals surface area contributed by atoms with Crippen molar-refractivity contribution in [3.63, 3.8) is 0 Å². The van der Waals surface area contributed by atoms with Gasteiger partial charge < -0.3 is 9.16 Å². The quantitative estimate of drug-likeness (QED) is 0.192. The first-order valence-electron chi connectivity index (χ1n) is 9.61. The van der Waals surface area contributed by atoms with Gasteiger partial charge >= 0.3 is 5.97 Å². The molecule has 0 amide bonds. The maximum atomic E-state index is 13.0. The average Bonchev–Trinajstić information content (AvgIpc) is 2.70. The number of nitro benzene ring substituents is 1. The first kappa shape index (κ1) is 23.4. The van der Waals surface area contributed by atoms with E-state index in [1.807, 2.05) is 0 Å². The van der Waals surface area contributed by atoms with Crippen molar-refractivity contribution in [2.45, 2.75) is 45.0 Å². The summed E-state index contributed by atoms with van der Waals surface area (Å²) < 4.78 is 11.6. The highest BCUT2D eigenvalue weighted by molar-refractivity contribution is 6.74. The molecular formula is C22H27NO6Si. The van der Waals surface area contributed by atoms with Crippen LogP contribution < -0.4 is 0 Å². The molecule has 160 valence electrons. The van der Waals surface area contributed by atoms with Crippen molar-refractivity contribution in [2.24, 2.45) is 0 Å². The van der Waals surface area contributed by atoms with Gasteiger partial charge in [-0.1, -0.05) is 51.1 Å². The fourth-order valence-electron chi connectivity index (χ4n) is 2.37. The molecule has 0 aliphatic rings. The number of non-ortho nitro benzene ring substituents is 1. The molecule has 2 rings (SSSR count). The molecule has 2 aromatic rings. The van der Waals surface area contributed by atoms with Crippen molar-refractivity contribution in [3.8, 4) is 0 Å². The van der Waals surface area contributed by atoms with E-state index in [1.165, 1.54) is 24.3 Å². The van der Waals surface area contributed by atoms with Gasteiger partial charge in [-0.05, 0) is 30.3 Å². The summed E-state index contributed by atoms with van der Waals surface area (Å²) in [5.74, 6) is -1.09. The highest BCUT2D eigenvalue weighted by atomic mass is 28.4. The lowest BCUT2D eigenvalue weighted by molar-refractivity contribution is -0.384. The molecule has 0 fully saturated rings. The Morgan fingerprint density at radius 3 is 2.07 bits per heavy atom. The predicted octanol–water partition coefficient (Wildman–Crippen LogP) is 5.02. The van der Waals surface area contributed by atoms with E-state index in [9.17, 15) is 19.7 Å². The van der Waals surface area contributed by atoms with E-state index in [4.69, 9.17) is 9.16 Å². The molecule has 0 saturated heterocycles. The number of ketones is 1. The third kappa shape index (κ3) is 5.84. The zero-order valence-electron chi connectivity index (χ0n) is 17.9. The summed E-state index contributed by atoms with van der Waals surface area (Å²) in [5.41, 5.74) is 0.404. The third-order valence-corrected chi connectivity index (χ3v) is 9.82. The van der Waals surface area contributed by atoms with Crippen molar-refractivity contribution in [1.82, 2.24) is 0 Å². The fourth-order valence-corrected chi connectivity index (χ4v) is 3.37. The van der Waals surface area contributed by atoms with E-state index < -0.39 is 25.3 Å². The number of rotatable bonds is 8. The summed E-state index contributed by atoms with van der Waals surface area (Å²) in [6.45, 7) is 10.3. The van der Waals surface area contributed by atoms with Gasteiger partial charge in [-0.3, -0.25) is 14.9 Å². The van der Waals surface area contributed by atoms with Gasteiger partial charge in [-0.25, -0.2) is 4.79 Å². The smallest absolute Gasteiger partial charge is 0.338 e. The number of Topliss-reactive ketones (excluding diaryl/α,β-unsaturated/α-hetero) is 1. The number of esters is 1. The summed E-state index contributed by atoms with van der Waals surface area (Å²) >= 11 is 0. The predicted molar refractivity (Wildman–Crippen MR) is 116 cm³/mol. The molecule has 0 radical (unpaired) electrons. The maximum absolute atomic E-state index is 13.0. The third-order valence-electron chi connectivity index (χ3n) is 5.32. The van der Waals surface area contributed by atoms with Gasteiger partial charge in [-0.15, -0.1) is 0 Å². The van der Waals surface area contributed by atoms with Crippen molar-refractivity contribution in [3.05, 3.63) is 75.8 Å². The first-order chi connectivity index (χ1) is 13.9. The molecule has 8 heteroatoms. The zero-order chi connectivity index (χ0) is 22.5. The number of hydrogen-bond acceptors (Lipinski definition) is 6. The SMILES string of the molecule is CC(C)(C)[Si](C)(C)OCC(OC(=O)c1ccc([N+](=O)[O-])cc1)C(=O)c1ccccc1. The van der Waals surface area contributed by atoms with Gasteiger partial charge in [0.2, 0.25) is 5.78 Å². The van der Waals surface area contributed by atoms with Crippen LogP contribution in [0.4, 0.5) is 5.69 Å². The van der Waals surface area contributed by atoms with Crippen LogP contribution in [0, 0.1) is 10.1 Å². The van der Waals surface area contributed by atoms with E-state index in [0.717, 1.165) is 0 Å². The average molecular weight is 430 g/mol. The minimum absolute atomic E-state index is 0.0526. The second kappa shape index (κ2) is 9.31. The minimum atomic E-state index is -2.18. The summed E-state index contributed by atoms with van der Waals surface area (Å²) in [4.78, 5) is 35.8. The fraction of sp³-hybridized carbons (Fsp3) is 0.364. The van der Waals surface area contributed by atoms with Crippen LogP contribution in [0.25, 0.3) is 0 Å². The molecule has 0 saturated carbocycles. The Bertz CT molecular complexity index is 903. The Balaban J connectivity index is 2.23. The lowest BCUT2D eigenvalue weighted by Crippen LogP contribution is -2.44. The van der Waals surface area contributed by atoms with Crippen molar-refractivity contribution < 1.29 is 23.7 Å². The van der Waals surface area contributed by atoms with E-state index >= 15 is 0 Å². The maximum Gasteiger partial charge on any atom is 0.338 e. The second-order valence-corrected chi connectivity index (χ2v) is 13.3. The molecule has 0 aliphatic carbocycles. The number of hydrogen-bond donors (Lipinski definition) is 0. The van der Waals surface area contributed by atoms with Gasteiger partial charge in [0.15, 0.2) is 14.4 Å². The standard InChI is InChI=1S/C22H27NO6Si/c1-22(2,3)30(4,5)28-15-19(20(24)16-9-7-6-8-10-16)29-21(25)17-11-13-18(14-12-17)23(26)27/h6-14,19H,15H2,1-5H3. The molecule has 0 aromatic heterocycles. The summed E-state index contributed by atoms with van der Waals surface area (Å²) in [6, 6.07) is 13.6. The lowest BCUT2D eigenvalue weighted by Gasteiger charge is -2.37. The summed E-state index contributed by atoms with van der Waals surface area (Å²) in [7, 11) is -2.18. The monoisotopic (exact) mass is 429 g/mol. The molecule has 1 atom stereocenters. The molecule has 0 N–H and O–H groups in total. The van der Waals surface area contributed by atoms with Crippen molar-refractivity contribution in [1.29, 1.82) is 0 Å². The van der Waals surface area contributed by atoms with Crippen molar-refractivity contribution >= 4 is 25.8 Å². The van der Waals surface area contributed by atoms with Crippen LogP contribution in [0.5, 0.6) is 0 Å². The molecule has 0 bridgehead atoms. The van der Waals surface area contributed by atoms with Gasteiger partial charge in [0.05, 0.1) is 17.1 Å². The highest BCUT2D eigenvalue weighted by Gasteiger charge is 2.39. The largest absolute Gasteiger partial charge is 0.448 e. The minimum Gasteiger partial charge on any atom is -0.448 e. The summed E-state index contributed by atoms with van der Waals surface area (Å²) in [6.07, 6.45) is -1.12.